The summed E-state index contributed by atoms with van der Waals surface area (Å²) in [4.78, 5) is 23.9. The molecule has 0 saturated carbocycles. The first-order chi connectivity index (χ1) is 6.24. The van der Waals surface area contributed by atoms with E-state index < -0.39 is 5.97 Å². The van der Waals surface area contributed by atoms with E-state index in [0.717, 1.165) is 5.75 Å². The summed E-state index contributed by atoms with van der Waals surface area (Å²) in [5.74, 6) is 0.367. The van der Waals surface area contributed by atoms with Gasteiger partial charge < -0.3 is 4.74 Å². The number of fused-ring (bicyclic) bond motifs is 1. The van der Waals surface area contributed by atoms with E-state index in [1.807, 2.05) is 0 Å². The number of rotatable bonds is 1. The van der Waals surface area contributed by atoms with E-state index >= 15 is 0 Å². The van der Waals surface area contributed by atoms with Gasteiger partial charge in [-0.25, -0.2) is 4.79 Å². The Hall–Kier alpha value is -0.970. The van der Waals surface area contributed by atoms with Crippen LogP contribution >= 0.6 is 11.8 Å². The number of hydrogen-bond donors (Lipinski definition) is 0. The van der Waals surface area contributed by atoms with Crippen LogP contribution in [0.1, 0.15) is 6.42 Å². The number of thioether (sulfide) groups is 1. The van der Waals surface area contributed by atoms with Crippen LogP contribution in [0.25, 0.3) is 0 Å². The number of carbonyl (C=O) groups excluding carboxylic acids is 2. The average molecular weight is 199 g/mol. The molecule has 5 heteroatoms. The maximum absolute atomic E-state index is 11.2. The summed E-state index contributed by atoms with van der Waals surface area (Å²) in [5.41, 5.74) is 0.405. The molecule has 70 valence electrons. The maximum Gasteiger partial charge on any atom is 0.354 e. The lowest BCUT2D eigenvalue weighted by atomic mass is 10.1. The number of nitrogens with zero attached hydrogens (tertiary/aromatic N) is 1. The zero-order valence-corrected chi connectivity index (χ0v) is 7.97. The van der Waals surface area contributed by atoms with Crippen molar-refractivity contribution in [1.29, 1.82) is 0 Å². The molecule has 0 aliphatic carbocycles. The van der Waals surface area contributed by atoms with Crippen LogP contribution in [0.3, 0.4) is 0 Å². The second-order valence-corrected chi connectivity index (χ2v) is 4.05. The number of hydrogen-bond acceptors (Lipinski definition) is 4. The average Bonchev–Trinajstić information content (AvgIpc) is 2.14. The van der Waals surface area contributed by atoms with Crippen molar-refractivity contribution in [2.45, 2.75) is 11.8 Å². The van der Waals surface area contributed by atoms with Gasteiger partial charge in [-0.3, -0.25) is 9.69 Å². The molecule has 2 aliphatic rings. The van der Waals surface area contributed by atoms with Gasteiger partial charge in [0.2, 0.25) is 5.91 Å². The Labute approximate surface area is 79.9 Å². The fraction of sp³-hybridized carbons (Fsp3) is 0.500. The van der Waals surface area contributed by atoms with E-state index in [-0.39, 0.29) is 11.3 Å². The lowest BCUT2D eigenvalue weighted by Crippen LogP contribution is -2.53. The van der Waals surface area contributed by atoms with Crippen molar-refractivity contribution in [1.82, 2.24) is 4.90 Å². The van der Waals surface area contributed by atoms with Gasteiger partial charge in [-0.05, 0) is 6.08 Å². The summed E-state index contributed by atoms with van der Waals surface area (Å²) in [7, 11) is 1.32. The SMILES string of the molecule is COC(=O)C1=CCSC2CC(=O)N12. The summed E-state index contributed by atoms with van der Waals surface area (Å²) in [6, 6.07) is 0. The molecule has 4 nitrogen and oxygen atoms in total. The summed E-state index contributed by atoms with van der Waals surface area (Å²) in [6.07, 6.45) is 2.28. The number of esters is 1. The van der Waals surface area contributed by atoms with Crippen molar-refractivity contribution in [3.8, 4) is 0 Å². The molecule has 2 aliphatic heterocycles. The predicted octanol–water partition coefficient (Wildman–Crippen LogP) is 0.348. The van der Waals surface area contributed by atoms with Gasteiger partial charge in [0.25, 0.3) is 0 Å². The molecule has 1 amide bonds. The monoisotopic (exact) mass is 199 g/mol. The van der Waals surface area contributed by atoms with E-state index in [2.05, 4.69) is 4.74 Å². The Morgan fingerprint density at radius 1 is 1.77 bits per heavy atom. The van der Waals surface area contributed by atoms with E-state index in [1.54, 1.807) is 17.8 Å². The molecule has 0 bridgehead atoms. The highest BCUT2D eigenvalue weighted by Gasteiger charge is 2.43. The molecular formula is C8H9NO3S. The number of β-lactam (4-membered cyclic amide) rings is 1. The zero-order chi connectivity index (χ0) is 9.42. The van der Waals surface area contributed by atoms with Crippen molar-refractivity contribution >= 4 is 23.6 Å². The van der Waals surface area contributed by atoms with Gasteiger partial charge >= 0.3 is 5.97 Å². The molecule has 13 heavy (non-hydrogen) atoms. The standard InChI is InChI=1S/C8H9NO3S/c1-12-8(11)5-2-3-13-7-4-6(10)9(5)7/h2,7H,3-4H2,1H3. The highest BCUT2D eigenvalue weighted by atomic mass is 32.2. The summed E-state index contributed by atoms with van der Waals surface area (Å²) in [6.45, 7) is 0. The lowest BCUT2D eigenvalue weighted by molar-refractivity contribution is -0.147. The van der Waals surface area contributed by atoms with Crippen molar-refractivity contribution in [3.05, 3.63) is 11.8 Å². The number of amides is 1. The number of carbonyl (C=O) groups is 2. The van der Waals surface area contributed by atoms with Gasteiger partial charge in [0.15, 0.2) is 0 Å². The Balaban J connectivity index is 2.21. The highest BCUT2D eigenvalue weighted by Crippen LogP contribution is 2.36. The second kappa shape index (κ2) is 3.06. The van der Waals surface area contributed by atoms with Gasteiger partial charge in [-0.1, -0.05) is 0 Å². The molecular weight excluding hydrogens is 190 g/mol. The van der Waals surface area contributed by atoms with Crippen molar-refractivity contribution < 1.29 is 14.3 Å². The van der Waals surface area contributed by atoms with Crippen molar-refractivity contribution in [2.24, 2.45) is 0 Å². The first kappa shape index (κ1) is 8.62. The first-order valence-electron chi connectivity index (χ1n) is 3.96. The van der Waals surface area contributed by atoms with Crippen LogP contribution in [0.15, 0.2) is 11.8 Å². The summed E-state index contributed by atoms with van der Waals surface area (Å²) in [5, 5.41) is 0.159. The van der Waals surface area contributed by atoms with Crippen molar-refractivity contribution in [3.63, 3.8) is 0 Å². The molecule has 0 aromatic carbocycles. The van der Waals surface area contributed by atoms with Crippen LogP contribution in [0.5, 0.6) is 0 Å². The van der Waals surface area contributed by atoms with Crippen molar-refractivity contribution in [2.75, 3.05) is 12.9 Å². The lowest BCUT2D eigenvalue weighted by Gasteiger charge is -2.42. The predicted molar refractivity (Wildman–Crippen MR) is 47.8 cm³/mol. The number of methoxy groups -OCH3 is 1. The zero-order valence-electron chi connectivity index (χ0n) is 7.15. The second-order valence-electron chi connectivity index (χ2n) is 2.84. The van der Waals surface area contributed by atoms with Crippen LogP contribution in [-0.4, -0.2) is 35.0 Å². The van der Waals surface area contributed by atoms with Gasteiger partial charge in [0.1, 0.15) is 5.70 Å². The van der Waals surface area contributed by atoms with Crippen LogP contribution in [-0.2, 0) is 14.3 Å². The van der Waals surface area contributed by atoms with Gasteiger partial charge in [-0.2, -0.15) is 0 Å². The Morgan fingerprint density at radius 2 is 2.54 bits per heavy atom. The molecule has 0 aromatic heterocycles. The molecule has 0 radical (unpaired) electrons. The van der Waals surface area contributed by atoms with Crippen LogP contribution in [0.2, 0.25) is 0 Å². The van der Waals surface area contributed by atoms with E-state index in [0.29, 0.717) is 12.1 Å². The van der Waals surface area contributed by atoms with Crippen LogP contribution in [0, 0.1) is 0 Å². The Bertz CT molecular complexity index is 300. The topological polar surface area (TPSA) is 46.6 Å². The fourth-order valence-electron chi connectivity index (χ4n) is 1.43. The third kappa shape index (κ3) is 1.23. The molecule has 2 heterocycles. The van der Waals surface area contributed by atoms with Gasteiger partial charge in [-0.15, -0.1) is 11.8 Å². The first-order valence-corrected chi connectivity index (χ1v) is 5.01. The Kier molecular flexibility index (Phi) is 2.03. The molecule has 1 atom stereocenters. The minimum atomic E-state index is -0.418. The molecule has 0 spiro atoms. The third-order valence-corrected chi connectivity index (χ3v) is 3.25. The minimum Gasteiger partial charge on any atom is -0.464 e. The van der Waals surface area contributed by atoms with E-state index in [4.69, 9.17) is 0 Å². The summed E-state index contributed by atoms with van der Waals surface area (Å²) >= 11 is 1.67. The highest BCUT2D eigenvalue weighted by molar-refractivity contribution is 8.00. The van der Waals surface area contributed by atoms with Crippen LogP contribution in [0.4, 0.5) is 0 Å². The van der Waals surface area contributed by atoms with Gasteiger partial charge in [0.05, 0.1) is 18.9 Å². The number of ether oxygens (including phenoxy) is 1. The Morgan fingerprint density at radius 3 is 3.15 bits per heavy atom. The summed E-state index contributed by atoms with van der Waals surface area (Å²) < 4.78 is 4.58. The maximum atomic E-state index is 11.2. The molecule has 1 saturated heterocycles. The van der Waals surface area contributed by atoms with E-state index in [9.17, 15) is 9.59 Å². The van der Waals surface area contributed by atoms with Crippen LogP contribution < -0.4 is 0 Å². The smallest absolute Gasteiger partial charge is 0.354 e. The quantitative estimate of drug-likeness (QED) is 0.451. The normalized spacial score (nSPS) is 25.9. The van der Waals surface area contributed by atoms with E-state index in [1.165, 1.54) is 12.0 Å². The van der Waals surface area contributed by atoms with Gasteiger partial charge in [0, 0.05) is 5.75 Å². The molecule has 0 aromatic rings. The largest absolute Gasteiger partial charge is 0.464 e. The molecule has 1 unspecified atom stereocenters. The fourth-order valence-corrected chi connectivity index (χ4v) is 2.55. The molecule has 0 N–H and O–H groups in total. The molecule has 1 fully saturated rings. The molecule has 2 rings (SSSR count). The minimum absolute atomic E-state index is 0.00819. The third-order valence-electron chi connectivity index (χ3n) is 2.13.